The first-order valence-corrected chi connectivity index (χ1v) is 7.66. The van der Waals surface area contributed by atoms with Gasteiger partial charge in [-0.1, -0.05) is 35.9 Å². The molecule has 0 unspecified atom stereocenters. The van der Waals surface area contributed by atoms with E-state index < -0.39 is 5.97 Å². The lowest BCUT2D eigenvalue weighted by atomic mass is 10.1. The van der Waals surface area contributed by atoms with Crippen LogP contribution in [0.1, 0.15) is 21.7 Å². The number of aryl methyl sites for hydroxylation is 1. The molecule has 0 radical (unpaired) electrons. The third-order valence-corrected chi connectivity index (χ3v) is 3.32. The Labute approximate surface area is 144 Å². The highest BCUT2D eigenvalue weighted by atomic mass is 16.5. The van der Waals surface area contributed by atoms with E-state index in [0.717, 1.165) is 11.3 Å². The lowest BCUT2D eigenvalue weighted by molar-refractivity contribution is 0.0462. The molecule has 0 bridgehead atoms. The Kier molecular flexibility index (Phi) is 4.84. The SMILES string of the molecule is Cc1cccc(C(=O)OCc2nc(N)nc(Nc3ccccc3)n2)c1. The fraction of sp³-hybridized carbons (Fsp3) is 0.111. The summed E-state index contributed by atoms with van der Waals surface area (Å²) in [5.41, 5.74) is 7.98. The third kappa shape index (κ3) is 4.51. The maximum Gasteiger partial charge on any atom is 0.338 e. The number of carbonyl (C=O) groups excluding carboxylic acids is 1. The molecule has 7 heteroatoms. The Hall–Kier alpha value is -3.48. The molecule has 1 heterocycles. The maximum atomic E-state index is 12.1. The predicted molar refractivity (Wildman–Crippen MR) is 94.3 cm³/mol. The molecular formula is C18H17N5O2. The molecule has 0 amide bonds. The quantitative estimate of drug-likeness (QED) is 0.691. The van der Waals surface area contributed by atoms with Crippen LogP contribution >= 0.6 is 0 Å². The molecule has 3 rings (SSSR count). The highest BCUT2D eigenvalue weighted by Crippen LogP contribution is 2.13. The zero-order valence-corrected chi connectivity index (χ0v) is 13.6. The van der Waals surface area contributed by atoms with E-state index >= 15 is 0 Å². The van der Waals surface area contributed by atoms with Crippen LogP contribution in [0.5, 0.6) is 0 Å². The number of esters is 1. The molecule has 126 valence electrons. The predicted octanol–water partition coefficient (Wildman–Crippen LogP) is 2.86. The molecule has 0 aliphatic carbocycles. The van der Waals surface area contributed by atoms with Gasteiger partial charge >= 0.3 is 5.97 Å². The van der Waals surface area contributed by atoms with E-state index in [1.54, 1.807) is 18.2 Å². The van der Waals surface area contributed by atoms with E-state index in [2.05, 4.69) is 20.3 Å². The average molecular weight is 335 g/mol. The Morgan fingerprint density at radius 2 is 1.88 bits per heavy atom. The molecule has 7 nitrogen and oxygen atoms in total. The fourth-order valence-electron chi connectivity index (χ4n) is 2.19. The van der Waals surface area contributed by atoms with Crippen molar-refractivity contribution in [1.82, 2.24) is 15.0 Å². The molecule has 0 spiro atoms. The zero-order valence-electron chi connectivity index (χ0n) is 13.6. The highest BCUT2D eigenvalue weighted by molar-refractivity contribution is 5.89. The van der Waals surface area contributed by atoms with Gasteiger partial charge in [0.1, 0.15) is 0 Å². The second-order valence-corrected chi connectivity index (χ2v) is 5.37. The number of hydrogen-bond donors (Lipinski definition) is 2. The number of nitrogens with one attached hydrogen (secondary N) is 1. The first-order chi connectivity index (χ1) is 12.1. The normalized spacial score (nSPS) is 10.3. The van der Waals surface area contributed by atoms with E-state index in [9.17, 15) is 4.79 Å². The van der Waals surface area contributed by atoms with Crippen molar-refractivity contribution in [2.45, 2.75) is 13.5 Å². The van der Waals surface area contributed by atoms with Crippen molar-refractivity contribution >= 4 is 23.6 Å². The molecular weight excluding hydrogens is 318 g/mol. The summed E-state index contributed by atoms with van der Waals surface area (Å²) in [6.45, 7) is 1.81. The summed E-state index contributed by atoms with van der Waals surface area (Å²) in [6.07, 6.45) is 0. The summed E-state index contributed by atoms with van der Waals surface area (Å²) in [5, 5.41) is 3.03. The summed E-state index contributed by atoms with van der Waals surface area (Å²) >= 11 is 0. The summed E-state index contributed by atoms with van der Waals surface area (Å²) in [7, 11) is 0. The van der Waals surface area contributed by atoms with Gasteiger partial charge in [0.05, 0.1) is 5.56 Å². The second kappa shape index (κ2) is 7.39. The van der Waals surface area contributed by atoms with Crippen molar-refractivity contribution in [1.29, 1.82) is 0 Å². The van der Waals surface area contributed by atoms with Crippen molar-refractivity contribution in [3.8, 4) is 0 Å². The average Bonchev–Trinajstić information content (AvgIpc) is 2.60. The Bertz CT molecular complexity index is 884. The van der Waals surface area contributed by atoms with Gasteiger partial charge < -0.3 is 15.8 Å². The van der Waals surface area contributed by atoms with Crippen LogP contribution in [0.4, 0.5) is 17.6 Å². The molecule has 0 saturated heterocycles. The molecule has 3 aromatic rings. The fourth-order valence-corrected chi connectivity index (χ4v) is 2.19. The molecule has 1 aromatic heterocycles. The number of rotatable bonds is 5. The zero-order chi connectivity index (χ0) is 17.6. The molecule has 0 aliphatic rings. The molecule has 0 saturated carbocycles. The minimum absolute atomic E-state index is 0.0510. The number of ether oxygens (including phenoxy) is 1. The van der Waals surface area contributed by atoms with Crippen LogP contribution in [0.3, 0.4) is 0 Å². The van der Waals surface area contributed by atoms with Gasteiger partial charge in [0, 0.05) is 5.69 Å². The molecule has 3 N–H and O–H groups in total. The molecule has 25 heavy (non-hydrogen) atoms. The monoisotopic (exact) mass is 335 g/mol. The van der Waals surface area contributed by atoms with Gasteiger partial charge in [-0.25, -0.2) is 4.79 Å². The number of aromatic nitrogens is 3. The van der Waals surface area contributed by atoms with E-state index in [4.69, 9.17) is 10.5 Å². The topological polar surface area (TPSA) is 103 Å². The van der Waals surface area contributed by atoms with Gasteiger partial charge in [-0.15, -0.1) is 0 Å². The van der Waals surface area contributed by atoms with Crippen LogP contribution < -0.4 is 11.1 Å². The van der Waals surface area contributed by atoms with E-state index in [1.165, 1.54) is 0 Å². The van der Waals surface area contributed by atoms with Crippen LogP contribution in [0.25, 0.3) is 0 Å². The number of anilines is 3. The summed E-state index contributed by atoms with van der Waals surface area (Å²) in [5.74, 6) is 0.169. The minimum Gasteiger partial charge on any atom is -0.454 e. The maximum absolute atomic E-state index is 12.1. The third-order valence-electron chi connectivity index (χ3n) is 3.32. The van der Waals surface area contributed by atoms with Crippen LogP contribution in [0, 0.1) is 6.92 Å². The van der Waals surface area contributed by atoms with Crippen LogP contribution in [-0.2, 0) is 11.3 Å². The van der Waals surface area contributed by atoms with E-state index in [-0.39, 0.29) is 18.4 Å². The van der Waals surface area contributed by atoms with Gasteiger partial charge in [-0.3, -0.25) is 0 Å². The summed E-state index contributed by atoms with van der Waals surface area (Å²) < 4.78 is 5.25. The Balaban J connectivity index is 1.69. The Morgan fingerprint density at radius 1 is 1.08 bits per heavy atom. The smallest absolute Gasteiger partial charge is 0.338 e. The first kappa shape index (κ1) is 16.4. The van der Waals surface area contributed by atoms with Crippen molar-refractivity contribution < 1.29 is 9.53 Å². The van der Waals surface area contributed by atoms with Crippen molar-refractivity contribution in [2.75, 3.05) is 11.1 Å². The molecule has 0 fully saturated rings. The largest absolute Gasteiger partial charge is 0.454 e. The number of carbonyl (C=O) groups is 1. The van der Waals surface area contributed by atoms with E-state index in [0.29, 0.717) is 11.5 Å². The summed E-state index contributed by atoms with van der Waals surface area (Å²) in [4.78, 5) is 24.3. The number of nitrogens with two attached hydrogens (primary N) is 1. The second-order valence-electron chi connectivity index (χ2n) is 5.37. The van der Waals surface area contributed by atoms with Crippen LogP contribution in [0.2, 0.25) is 0 Å². The van der Waals surface area contributed by atoms with Gasteiger partial charge in [0.2, 0.25) is 11.9 Å². The van der Waals surface area contributed by atoms with E-state index in [1.807, 2.05) is 43.3 Å². The Morgan fingerprint density at radius 3 is 2.64 bits per heavy atom. The molecule has 0 atom stereocenters. The number of benzene rings is 2. The van der Waals surface area contributed by atoms with Gasteiger partial charge in [-0.2, -0.15) is 15.0 Å². The van der Waals surface area contributed by atoms with Gasteiger partial charge in [-0.05, 0) is 31.2 Å². The highest BCUT2D eigenvalue weighted by Gasteiger charge is 2.10. The lowest BCUT2D eigenvalue weighted by Gasteiger charge is -2.08. The van der Waals surface area contributed by atoms with Gasteiger partial charge in [0.15, 0.2) is 12.4 Å². The molecule has 0 aliphatic heterocycles. The number of nitrogens with zero attached hydrogens (tertiary/aromatic N) is 3. The number of nitrogen functional groups attached to an aromatic ring is 1. The number of para-hydroxylation sites is 1. The standard InChI is InChI=1S/C18H17N5O2/c1-12-6-5-7-13(10-12)16(24)25-11-15-21-17(19)23-18(22-15)20-14-8-3-2-4-9-14/h2-10H,11H2,1H3,(H3,19,20,21,22,23). The van der Waals surface area contributed by atoms with Crippen molar-refractivity contribution in [3.63, 3.8) is 0 Å². The van der Waals surface area contributed by atoms with Crippen LogP contribution in [-0.4, -0.2) is 20.9 Å². The van der Waals surface area contributed by atoms with Crippen molar-refractivity contribution in [2.24, 2.45) is 0 Å². The van der Waals surface area contributed by atoms with Crippen LogP contribution in [0.15, 0.2) is 54.6 Å². The minimum atomic E-state index is -0.444. The number of hydrogen-bond acceptors (Lipinski definition) is 7. The summed E-state index contributed by atoms with van der Waals surface area (Å²) in [6, 6.07) is 16.6. The van der Waals surface area contributed by atoms with Gasteiger partial charge in [0.25, 0.3) is 0 Å². The molecule has 2 aromatic carbocycles. The first-order valence-electron chi connectivity index (χ1n) is 7.66. The van der Waals surface area contributed by atoms with Crippen molar-refractivity contribution in [3.05, 3.63) is 71.5 Å². The lowest BCUT2D eigenvalue weighted by Crippen LogP contribution is -2.11.